The summed E-state index contributed by atoms with van der Waals surface area (Å²) in [7, 11) is 3.02. The number of benzene rings is 1. The van der Waals surface area contributed by atoms with Crippen molar-refractivity contribution in [3.8, 4) is 5.75 Å². The zero-order chi connectivity index (χ0) is 17.7. The Labute approximate surface area is 147 Å². The van der Waals surface area contributed by atoms with Crippen LogP contribution in [-0.2, 0) is 11.2 Å². The number of aromatic nitrogens is 2. The summed E-state index contributed by atoms with van der Waals surface area (Å²) >= 11 is 6.06. The smallest absolute Gasteiger partial charge is 0.263 e. The van der Waals surface area contributed by atoms with Crippen LogP contribution in [0.15, 0.2) is 12.1 Å². The highest BCUT2D eigenvalue weighted by molar-refractivity contribution is 7.73. The van der Waals surface area contributed by atoms with Gasteiger partial charge in [-0.2, -0.15) is 0 Å². The van der Waals surface area contributed by atoms with E-state index in [-0.39, 0.29) is 23.6 Å². The van der Waals surface area contributed by atoms with Crippen LogP contribution in [0.2, 0.25) is 0 Å². The molecule has 0 radical (unpaired) electrons. The van der Waals surface area contributed by atoms with Crippen molar-refractivity contribution >= 4 is 46.2 Å². The van der Waals surface area contributed by atoms with Gasteiger partial charge < -0.3 is 15.8 Å². The van der Waals surface area contributed by atoms with Crippen molar-refractivity contribution in [1.82, 2.24) is 15.5 Å². The quantitative estimate of drug-likeness (QED) is 0.455. The number of carbonyl (C=O) groups is 2. The lowest BCUT2D eigenvalue weighted by Gasteiger charge is -2.14. The number of hydrogen-bond donors (Lipinski definition) is 4. The van der Waals surface area contributed by atoms with Gasteiger partial charge in [0.2, 0.25) is 11.0 Å². The van der Waals surface area contributed by atoms with Crippen molar-refractivity contribution in [2.24, 2.45) is 0 Å². The Balaban J connectivity index is 2.30. The average molecular weight is 367 g/mol. The lowest BCUT2D eigenvalue weighted by molar-refractivity contribution is -0.120. The molecule has 0 saturated carbocycles. The summed E-state index contributed by atoms with van der Waals surface area (Å²) in [5, 5.41) is 12.0. The molecule has 1 aromatic heterocycles. The number of ether oxygens (including phenoxy) is 1. The van der Waals surface area contributed by atoms with E-state index >= 15 is 0 Å². The van der Waals surface area contributed by atoms with Crippen molar-refractivity contribution in [1.29, 1.82) is 0 Å². The number of nitrogens with one attached hydrogen (secondary N) is 3. The van der Waals surface area contributed by atoms with Gasteiger partial charge in [0.15, 0.2) is 3.95 Å². The first-order valence-corrected chi connectivity index (χ1v) is 8.21. The highest BCUT2D eigenvalue weighted by atomic mass is 32.1. The summed E-state index contributed by atoms with van der Waals surface area (Å²) in [6.07, 6.45) is 0.686. The average Bonchev–Trinajstić information content (AvgIpc) is 2.97. The van der Waals surface area contributed by atoms with Gasteiger partial charge >= 0.3 is 0 Å². The molecule has 8 nitrogen and oxygen atoms in total. The molecule has 0 spiro atoms. The van der Waals surface area contributed by atoms with Crippen LogP contribution in [0.5, 0.6) is 5.75 Å². The van der Waals surface area contributed by atoms with Gasteiger partial charge in [0.1, 0.15) is 11.3 Å². The SMILES string of the molecule is CNC(=O)CCc1ccc(OC)c(C(=O)Nc2n[nH]c(=S)s2)c1N. The summed E-state index contributed by atoms with van der Waals surface area (Å²) in [5.74, 6) is -0.218. The molecule has 0 aliphatic rings. The van der Waals surface area contributed by atoms with Gasteiger partial charge in [0.25, 0.3) is 5.91 Å². The number of carbonyl (C=O) groups excluding carboxylic acids is 2. The van der Waals surface area contributed by atoms with Crippen molar-refractivity contribution < 1.29 is 14.3 Å². The van der Waals surface area contributed by atoms with E-state index in [0.717, 1.165) is 11.3 Å². The molecular formula is C14H17N5O3S2. The molecule has 0 atom stereocenters. The molecule has 10 heteroatoms. The minimum atomic E-state index is -0.455. The largest absolute Gasteiger partial charge is 0.496 e. The van der Waals surface area contributed by atoms with Gasteiger partial charge in [-0.05, 0) is 30.3 Å². The molecule has 2 amide bonds. The molecule has 24 heavy (non-hydrogen) atoms. The van der Waals surface area contributed by atoms with Gasteiger partial charge in [-0.15, -0.1) is 5.10 Å². The summed E-state index contributed by atoms with van der Waals surface area (Å²) in [6, 6.07) is 3.39. The summed E-state index contributed by atoms with van der Waals surface area (Å²) in [5.41, 5.74) is 7.30. The van der Waals surface area contributed by atoms with E-state index in [1.54, 1.807) is 19.2 Å². The number of nitrogens with zero attached hydrogens (tertiary/aromatic N) is 1. The van der Waals surface area contributed by atoms with E-state index in [1.165, 1.54) is 7.11 Å². The molecule has 1 aromatic carbocycles. The maximum absolute atomic E-state index is 12.5. The molecule has 0 aliphatic heterocycles. The second kappa shape index (κ2) is 7.88. The first kappa shape index (κ1) is 17.9. The number of anilines is 2. The third-order valence-corrected chi connectivity index (χ3v) is 4.31. The minimum absolute atomic E-state index is 0.104. The Bertz CT molecular complexity index is 815. The molecule has 0 bridgehead atoms. The topological polar surface area (TPSA) is 122 Å². The van der Waals surface area contributed by atoms with Crippen LogP contribution >= 0.6 is 23.6 Å². The normalized spacial score (nSPS) is 10.2. The number of hydrogen-bond acceptors (Lipinski definition) is 7. The number of methoxy groups -OCH3 is 1. The van der Waals surface area contributed by atoms with Gasteiger partial charge in [0.05, 0.1) is 12.8 Å². The number of nitrogen functional groups attached to an aromatic ring is 1. The number of H-pyrrole nitrogens is 1. The van der Waals surface area contributed by atoms with Crippen molar-refractivity contribution in [2.45, 2.75) is 12.8 Å². The molecule has 0 unspecified atom stereocenters. The minimum Gasteiger partial charge on any atom is -0.496 e. The lowest BCUT2D eigenvalue weighted by Crippen LogP contribution is -2.19. The number of nitrogens with two attached hydrogens (primary N) is 1. The first-order valence-electron chi connectivity index (χ1n) is 6.99. The van der Waals surface area contributed by atoms with Crippen molar-refractivity contribution in [3.05, 3.63) is 27.2 Å². The van der Waals surface area contributed by atoms with E-state index < -0.39 is 5.91 Å². The lowest BCUT2D eigenvalue weighted by atomic mass is 10.0. The van der Waals surface area contributed by atoms with E-state index in [2.05, 4.69) is 20.8 Å². The Morgan fingerprint density at radius 2 is 2.21 bits per heavy atom. The van der Waals surface area contributed by atoms with Crippen molar-refractivity contribution in [2.75, 3.05) is 25.2 Å². The summed E-state index contributed by atoms with van der Waals surface area (Å²) < 4.78 is 5.68. The van der Waals surface area contributed by atoms with Gasteiger partial charge in [-0.1, -0.05) is 17.4 Å². The zero-order valence-corrected chi connectivity index (χ0v) is 14.8. The Morgan fingerprint density at radius 1 is 1.46 bits per heavy atom. The molecule has 2 aromatic rings. The summed E-state index contributed by atoms with van der Waals surface area (Å²) in [6.45, 7) is 0. The molecule has 128 valence electrons. The number of aromatic amines is 1. The Morgan fingerprint density at radius 3 is 2.79 bits per heavy atom. The molecule has 2 rings (SSSR count). The predicted molar refractivity (Wildman–Crippen MR) is 95.0 cm³/mol. The van der Waals surface area contributed by atoms with Crippen LogP contribution in [0, 0.1) is 3.95 Å². The Kier molecular flexibility index (Phi) is 5.88. The molecular weight excluding hydrogens is 350 g/mol. The van der Waals surface area contributed by atoms with E-state index in [0.29, 0.717) is 26.8 Å². The van der Waals surface area contributed by atoms with Gasteiger partial charge in [-0.25, -0.2) is 0 Å². The van der Waals surface area contributed by atoms with E-state index in [1.807, 2.05) is 0 Å². The molecule has 0 saturated heterocycles. The second-order valence-electron chi connectivity index (χ2n) is 4.76. The Hall–Kier alpha value is -2.46. The van der Waals surface area contributed by atoms with Gasteiger partial charge in [-0.3, -0.25) is 20.0 Å². The predicted octanol–water partition coefficient (Wildman–Crippen LogP) is 1.72. The monoisotopic (exact) mass is 367 g/mol. The second-order valence-corrected chi connectivity index (χ2v) is 6.43. The third-order valence-electron chi connectivity index (χ3n) is 3.30. The van der Waals surface area contributed by atoms with Gasteiger partial charge in [0, 0.05) is 13.5 Å². The zero-order valence-electron chi connectivity index (χ0n) is 13.1. The van der Waals surface area contributed by atoms with Crippen LogP contribution < -0.4 is 21.1 Å². The number of rotatable bonds is 6. The third kappa shape index (κ3) is 4.09. The fraction of sp³-hybridized carbons (Fsp3) is 0.286. The number of aryl methyl sites for hydroxylation is 1. The first-order chi connectivity index (χ1) is 11.5. The summed E-state index contributed by atoms with van der Waals surface area (Å²) in [4.78, 5) is 23.9. The van der Waals surface area contributed by atoms with Crippen LogP contribution in [0.25, 0.3) is 0 Å². The van der Waals surface area contributed by atoms with E-state index in [9.17, 15) is 9.59 Å². The molecule has 1 heterocycles. The maximum Gasteiger partial charge on any atom is 0.263 e. The highest BCUT2D eigenvalue weighted by Gasteiger charge is 2.20. The van der Waals surface area contributed by atoms with Crippen LogP contribution in [0.3, 0.4) is 0 Å². The standard InChI is InChI=1S/C14H17N5O3S2/c1-16-9(20)6-4-7-3-5-8(22-2)10(11(7)15)12(21)17-13-18-19-14(23)24-13/h3,5H,4,6,15H2,1-2H3,(H,16,20)(H,19,23)(H,17,18,21). The fourth-order valence-electron chi connectivity index (χ4n) is 2.08. The molecule has 0 fully saturated rings. The van der Waals surface area contributed by atoms with Crippen molar-refractivity contribution in [3.63, 3.8) is 0 Å². The highest BCUT2D eigenvalue weighted by Crippen LogP contribution is 2.29. The van der Waals surface area contributed by atoms with Crippen LogP contribution in [-0.4, -0.2) is 36.2 Å². The number of amides is 2. The van der Waals surface area contributed by atoms with E-state index in [4.69, 9.17) is 22.7 Å². The van der Waals surface area contributed by atoms with Crippen LogP contribution in [0.4, 0.5) is 10.8 Å². The van der Waals surface area contributed by atoms with Crippen LogP contribution in [0.1, 0.15) is 22.3 Å². The fourth-order valence-corrected chi connectivity index (χ4v) is 2.87. The maximum atomic E-state index is 12.5. The molecule has 0 aliphatic carbocycles. The molecule has 5 N–H and O–H groups in total.